The van der Waals surface area contributed by atoms with E-state index in [1.807, 2.05) is 19.2 Å². The molecule has 1 heterocycles. The zero-order valence-corrected chi connectivity index (χ0v) is 9.86. The average molecular weight is 220 g/mol. The van der Waals surface area contributed by atoms with Crippen molar-refractivity contribution in [2.75, 3.05) is 6.61 Å². The number of hydrogen-bond donors (Lipinski definition) is 1. The first-order chi connectivity index (χ1) is 7.81. The fraction of sp³-hybridized carbons (Fsp3) is 0.615. The molecule has 3 heteroatoms. The van der Waals surface area contributed by atoms with Crippen molar-refractivity contribution < 1.29 is 4.74 Å². The van der Waals surface area contributed by atoms with E-state index in [-0.39, 0.29) is 6.04 Å². The van der Waals surface area contributed by atoms with E-state index in [0.717, 1.165) is 11.3 Å². The minimum atomic E-state index is 0.121. The molecule has 0 spiro atoms. The van der Waals surface area contributed by atoms with Crippen LogP contribution in [0.3, 0.4) is 0 Å². The molecule has 88 valence electrons. The van der Waals surface area contributed by atoms with Gasteiger partial charge in [-0.25, -0.2) is 0 Å². The molecule has 1 atom stereocenters. The molecule has 1 aliphatic rings. The van der Waals surface area contributed by atoms with Gasteiger partial charge < -0.3 is 10.5 Å². The highest BCUT2D eigenvalue weighted by molar-refractivity contribution is 5.26. The SMILES string of the molecule is CCOc1cncc(C(N)C2CCCC2)c1. The van der Waals surface area contributed by atoms with Crippen LogP contribution in [-0.4, -0.2) is 11.6 Å². The lowest BCUT2D eigenvalue weighted by molar-refractivity contribution is 0.337. The topological polar surface area (TPSA) is 48.1 Å². The molecule has 1 aliphatic carbocycles. The second-order valence-electron chi connectivity index (χ2n) is 4.46. The fourth-order valence-electron chi connectivity index (χ4n) is 2.45. The van der Waals surface area contributed by atoms with Gasteiger partial charge in [0.25, 0.3) is 0 Å². The van der Waals surface area contributed by atoms with Crippen LogP contribution in [0.1, 0.15) is 44.2 Å². The molecule has 3 nitrogen and oxygen atoms in total. The maximum atomic E-state index is 6.27. The molecule has 1 saturated carbocycles. The molecule has 1 fully saturated rings. The molecule has 0 bridgehead atoms. The molecule has 0 aliphatic heterocycles. The molecule has 0 aromatic carbocycles. The Morgan fingerprint density at radius 3 is 2.88 bits per heavy atom. The molecule has 1 aromatic rings. The minimum Gasteiger partial charge on any atom is -0.492 e. The summed E-state index contributed by atoms with van der Waals surface area (Å²) in [5, 5.41) is 0. The summed E-state index contributed by atoms with van der Waals surface area (Å²) in [6.45, 7) is 2.65. The predicted octanol–water partition coefficient (Wildman–Crippen LogP) is 2.67. The number of nitrogens with two attached hydrogens (primary N) is 1. The smallest absolute Gasteiger partial charge is 0.137 e. The second kappa shape index (κ2) is 5.30. The number of rotatable bonds is 4. The number of pyridine rings is 1. The number of ether oxygens (including phenoxy) is 1. The lowest BCUT2D eigenvalue weighted by Crippen LogP contribution is -2.19. The van der Waals surface area contributed by atoms with Crippen LogP contribution < -0.4 is 10.5 Å². The van der Waals surface area contributed by atoms with Crippen molar-refractivity contribution in [2.24, 2.45) is 11.7 Å². The van der Waals surface area contributed by atoms with Crippen molar-refractivity contribution in [3.8, 4) is 5.75 Å². The molecule has 2 N–H and O–H groups in total. The Morgan fingerprint density at radius 2 is 2.19 bits per heavy atom. The van der Waals surface area contributed by atoms with Gasteiger partial charge in [-0.15, -0.1) is 0 Å². The first kappa shape index (κ1) is 11.4. The summed E-state index contributed by atoms with van der Waals surface area (Å²) in [5.74, 6) is 1.45. The molecule has 0 amide bonds. The first-order valence-corrected chi connectivity index (χ1v) is 6.14. The summed E-state index contributed by atoms with van der Waals surface area (Å²) in [4.78, 5) is 4.19. The summed E-state index contributed by atoms with van der Waals surface area (Å²) in [6.07, 6.45) is 8.74. The van der Waals surface area contributed by atoms with E-state index in [2.05, 4.69) is 4.98 Å². The van der Waals surface area contributed by atoms with Crippen molar-refractivity contribution >= 4 is 0 Å². The van der Waals surface area contributed by atoms with Crippen LogP contribution in [0.15, 0.2) is 18.5 Å². The Labute approximate surface area is 97.0 Å². The van der Waals surface area contributed by atoms with Gasteiger partial charge in [0.05, 0.1) is 12.8 Å². The normalized spacial score (nSPS) is 18.6. The van der Waals surface area contributed by atoms with Crippen molar-refractivity contribution in [2.45, 2.75) is 38.6 Å². The van der Waals surface area contributed by atoms with E-state index >= 15 is 0 Å². The molecule has 0 saturated heterocycles. The standard InChI is InChI=1S/C13H20N2O/c1-2-16-12-7-11(8-15-9-12)13(14)10-5-3-4-6-10/h7-10,13H,2-6,14H2,1H3. The predicted molar refractivity (Wildman–Crippen MR) is 64.3 cm³/mol. The Kier molecular flexibility index (Phi) is 3.78. The van der Waals surface area contributed by atoms with Crippen molar-refractivity contribution in [3.05, 3.63) is 24.0 Å². The van der Waals surface area contributed by atoms with Crippen LogP contribution in [0.4, 0.5) is 0 Å². The van der Waals surface area contributed by atoms with Crippen LogP contribution in [0, 0.1) is 5.92 Å². The number of nitrogens with zero attached hydrogens (tertiary/aromatic N) is 1. The van der Waals surface area contributed by atoms with Gasteiger partial charge in [-0.05, 0) is 37.3 Å². The van der Waals surface area contributed by atoms with Gasteiger partial charge in [0.1, 0.15) is 5.75 Å². The summed E-state index contributed by atoms with van der Waals surface area (Å²) < 4.78 is 5.44. The van der Waals surface area contributed by atoms with E-state index < -0.39 is 0 Å². The van der Waals surface area contributed by atoms with Crippen LogP contribution in [0.25, 0.3) is 0 Å². The first-order valence-electron chi connectivity index (χ1n) is 6.14. The lowest BCUT2D eigenvalue weighted by Gasteiger charge is -2.19. The monoisotopic (exact) mass is 220 g/mol. The van der Waals surface area contributed by atoms with Crippen LogP contribution in [-0.2, 0) is 0 Å². The Hall–Kier alpha value is -1.09. The highest BCUT2D eigenvalue weighted by Crippen LogP contribution is 2.34. The molecule has 1 unspecified atom stereocenters. The molecule has 0 radical (unpaired) electrons. The highest BCUT2D eigenvalue weighted by atomic mass is 16.5. The summed E-state index contributed by atoms with van der Waals surface area (Å²) in [7, 11) is 0. The van der Waals surface area contributed by atoms with E-state index in [9.17, 15) is 0 Å². The third-order valence-corrected chi connectivity index (χ3v) is 3.34. The summed E-state index contributed by atoms with van der Waals surface area (Å²) in [6, 6.07) is 2.15. The third-order valence-electron chi connectivity index (χ3n) is 3.34. The van der Waals surface area contributed by atoms with E-state index in [1.165, 1.54) is 25.7 Å². The average Bonchev–Trinajstić information content (AvgIpc) is 2.82. The van der Waals surface area contributed by atoms with Crippen LogP contribution >= 0.6 is 0 Å². The van der Waals surface area contributed by atoms with Gasteiger partial charge >= 0.3 is 0 Å². The number of aromatic nitrogens is 1. The third kappa shape index (κ3) is 2.53. The Morgan fingerprint density at radius 1 is 1.44 bits per heavy atom. The van der Waals surface area contributed by atoms with Crippen molar-refractivity contribution in [1.82, 2.24) is 4.98 Å². The molecular formula is C13H20N2O. The minimum absolute atomic E-state index is 0.121. The van der Waals surface area contributed by atoms with Gasteiger partial charge in [0, 0.05) is 12.2 Å². The maximum Gasteiger partial charge on any atom is 0.137 e. The summed E-state index contributed by atoms with van der Waals surface area (Å²) in [5.41, 5.74) is 7.38. The maximum absolute atomic E-state index is 6.27. The molecule has 2 rings (SSSR count). The van der Waals surface area contributed by atoms with E-state index in [4.69, 9.17) is 10.5 Å². The largest absolute Gasteiger partial charge is 0.492 e. The summed E-state index contributed by atoms with van der Waals surface area (Å²) >= 11 is 0. The van der Waals surface area contributed by atoms with Gasteiger partial charge in [-0.3, -0.25) is 4.98 Å². The molecule has 16 heavy (non-hydrogen) atoms. The Balaban J connectivity index is 2.09. The van der Waals surface area contributed by atoms with Crippen molar-refractivity contribution in [3.63, 3.8) is 0 Å². The highest BCUT2D eigenvalue weighted by Gasteiger charge is 2.23. The number of hydrogen-bond acceptors (Lipinski definition) is 3. The van der Waals surface area contributed by atoms with Gasteiger partial charge in [0.15, 0.2) is 0 Å². The molecule has 1 aromatic heterocycles. The fourth-order valence-corrected chi connectivity index (χ4v) is 2.45. The zero-order chi connectivity index (χ0) is 11.4. The van der Waals surface area contributed by atoms with Gasteiger partial charge in [0.2, 0.25) is 0 Å². The van der Waals surface area contributed by atoms with E-state index in [0.29, 0.717) is 12.5 Å². The van der Waals surface area contributed by atoms with E-state index in [1.54, 1.807) is 6.20 Å². The quantitative estimate of drug-likeness (QED) is 0.848. The molecular weight excluding hydrogens is 200 g/mol. The zero-order valence-electron chi connectivity index (χ0n) is 9.86. The van der Waals surface area contributed by atoms with Crippen LogP contribution in [0.2, 0.25) is 0 Å². The van der Waals surface area contributed by atoms with Gasteiger partial charge in [-0.1, -0.05) is 12.8 Å². The lowest BCUT2D eigenvalue weighted by atomic mass is 9.93. The Bertz CT molecular complexity index is 334. The van der Waals surface area contributed by atoms with Crippen LogP contribution in [0.5, 0.6) is 5.75 Å². The van der Waals surface area contributed by atoms with Crippen molar-refractivity contribution in [1.29, 1.82) is 0 Å². The second-order valence-corrected chi connectivity index (χ2v) is 4.46. The van der Waals surface area contributed by atoms with Gasteiger partial charge in [-0.2, -0.15) is 0 Å².